The van der Waals surface area contributed by atoms with Gasteiger partial charge in [0, 0.05) is 53.0 Å². The highest BCUT2D eigenvalue weighted by Gasteiger charge is 2.15. The van der Waals surface area contributed by atoms with Crippen LogP contribution in [0.15, 0.2) is 4.99 Å². The quantitative estimate of drug-likeness (QED) is 0.305. The van der Waals surface area contributed by atoms with Crippen molar-refractivity contribution in [1.82, 2.24) is 15.5 Å². The molecule has 1 heterocycles. The normalized spacial score (nSPS) is 18.6. The van der Waals surface area contributed by atoms with Crippen molar-refractivity contribution in [1.29, 1.82) is 0 Å². The van der Waals surface area contributed by atoms with Crippen molar-refractivity contribution in [3.05, 3.63) is 0 Å². The van der Waals surface area contributed by atoms with Crippen molar-refractivity contribution in [2.24, 2.45) is 4.99 Å². The summed E-state index contributed by atoms with van der Waals surface area (Å²) < 4.78 is 16.1. The van der Waals surface area contributed by atoms with Crippen molar-refractivity contribution >= 4 is 5.96 Å². The minimum Gasteiger partial charge on any atom is -0.383 e. The highest BCUT2D eigenvalue weighted by atomic mass is 16.5. The minimum atomic E-state index is 0.285. The van der Waals surface area contributed by atoms with E-state index in [0.717, 1.165) is 78.0 Å². The maximum atomic E-state index is 5.74. The van der Waals surface area contributed by atoms with Gasteiger partial charge in [0.2, 0.25) is 0 Å². The van der Waals surface area contributed by atoms with Gasteiger partial charge in [0.15, 0.2) is 5.96 Å². The largest absolute Gasteiger partial charge is 0.383 e. The standard InChI is InChI=1S/C16H34N4O3/c1-4-17-16(19-8-9-20(2)10-13-21-3)18-7-5-11-23-15-6-12-22-14-15/h15H,4-14H2,1-3H3,(H2,17,18,19). The van der Waals surface area contributed by atoms with E-state index in [1.807, 2.05) is 0 Å². The molecule has 0 spiro atoms. The van der Waals surface area contributed by atoms with Crippen LogP contribution in [0, 0.1) is 0 Å². The van der Waals surface area contributed by atoms with Gasteiger partial charge in [0.25, 0.3) is 0 Å². The molecular formula is C16H34N4O3. The first-order valence-electron chi connectivity index (χ1n) is 8.65. The Hall–Kier alpha value is -0.890. The molecule has 136 valence electrons. The molecule has 1 unspecified atom stereocenters. The lowest BCUT2D eigenvalue weighted by Crippen LogP contribution is -2.41. The van der Waals surface area contributed by atoms with Crippen LogP contribution in [-0.4, -0.2) is 90.3 Å². The van der Waals surface area contributed by atoms with Crippen molar-refractivity contribution in [3.63, 3.8) is 0 Å². The van der Waals surface area contributed by atoms with Crippen LogP contribution in [0.2, 0.25) is 0 Å². The number of nitrogens with zero attached hydrogens (tertiary/aromatic N) is 2. The first kappa shape index (κ1) is 20.2. The summed E-state index contributed by atoms with van der Waals surface area (Å²) in [5.74, 6) is 0.872. The molecule has 1 atom stereocenters. The van der Waals surface area contributed by atoms with Crippen LogP contribution < -0.4 is 10.6 Å². The zero-order valence-electron chi connectivity index (χ0n) is 15.0. The van der Waals surface area contributed by atoms with E-state index in [2.05, 4.69) is 34.5 Å². The summed E-state index contributed by atoms with van der Waals surface area (Å²) in [6.07, 6.45) is 2.23. The SMILES string of the molecule is CCNC(=NCCCOC1CCOC1)NCCN(C)CCOC. The lowest BCUT2D eigenvalue weighted by molar-refractivity contribution is 0.0424. The lowest BCUT2D eigenvalue weighted by atomic mass is 10.3. The summed E-state index contributed by atoms with van der Waals surface area (Å²) in [6, 6.07) is 0. The number of aliphatic imine (C=N–C) groups is 1. The second-order valence-electron chi connectivity index (χ2n) is 5.69. The van der Waals surface area contributed by atoms with Gasteiger partial charge in [0.05, 0.1) is 19.3 Å². The van der Waals surface area contributed by atoms with Gasteiger partial charge in [-0.05, 0) is 26.8 Å². The molecule has 1 rings (SSSR count). The fraction of sp³-hybridized carbons (Fsp3) is 0.938. The molecule has 0 aliphatic carbocycles. The van der Waals surface area contributed by atoms with Crippen LogP contribution in [0.5, 0.6) is 0 Å². The van der Waals surface area contributed by atoms with E-state index < -0.39 is 0 Å². The average molecular weight is 330 g/mol. The molecule has 2 N–H and O–H groups in total. The number of likely N-dealkylation sites (N-methyl/N-ethyl adjacent to an activating group) is 1. The van der Waals surface area contributed by atoms with Crippen LogP contribution in [-0.2, 0) is 14.2 Å². The molecular weight excluding hydrogens is 296 g/mol. The van der Waals surface area contributed by atoms with Crippen molar-refractivity contribution < 1.29 is 14.2 Å². The summed E-state index contributed by atoms with van der Waals surface area (Å²) in [6.45, 7) is 9.54. The van der Waals surface area contributed by atoms with Gasteiger partial charge in [-0.15, -0.1) is 0 Å². The van der Waals surface area contributed by atoms with Crippen molar-refractivity contribution in [2.75, 3.05) is 73.3 Å². The third-order valence-corrected chi connectivity index (χ3v) is 3.62. The molecule has 0 bridgehead atoms. The van der Waals surface area contributed by atoms with E-state index in [9.17, 15) is 0 Å². The molecule has 0 radical (unpaired) electrons. The van der Waals surface area contributed by atoms with E-state index >= 15 is 0 Å². The van der Waals surface area contributed by atoms with E-state index in [-0.39, 0.29) is 6.10 Å². The van der Waals surface area contributed by atoms with Gasteiger partial charge in [0.1, 0.15) is 0 Å². The zero-order chi connectivity index (χ0) is 16.8. The van der Waals surface area contributed by atoms with Crippen LogP contribution in [0.1, 0.15) is 19.8 Å². The predicted octanol–water partition coefficient (Wildman–Crippen LogP) is 0.315. The van der Waals surface area contributed by atoms with E-state index in [1.165, 1.54) is 0 Å². The Balaban J connectivity index is 2.11. The Bertz CT molecular complexity index is 310. The number of guanidine groups is 1. The molecule has 1 aliphatic rings. The van der Waals surface area contributed by atoms with Gasteiger partial charge < -0.3 is 29.7 Å². The maximum absolute atomic E-state index is 5.74. The molecule has 23 heavy (non-hydrogen) atoms. The minimum absolute atomic E-state index is 0.285. The number of nitrogens with one attached hydrogen (secondary N) is 2. The van der Waals surface area contributed by atoms with Crippen LogP contribution >= 0.6 is 0 Å². The number of hydrogen-bond acceptors (Lipinski definition) is 5. The number of ether oxygens (including phenoxy) is 3. The Morgan fingerprint density at radius 3 is 2.87 bits per heavy atom. The summed E-state index contributed by atoms with van der Waals surface area (Å²) >= 11 is 0. The molecule has 7 nitrogen and oxygen atoms in total. The van der Waals surface area contributed by atoms with Gasteiger partial charge in [-0.2, -0.15) is 0 Å². The zero-order valence-corrected chi connectivity index (χ0v) is 15.0. The van der Waals surface area contributed by atoms with Crippen LogP contribution in [0.4, 0.5) is 0 Å². The van der Waals surface area contributed by atoms with Gasteiger partial charge in [-0.25, -0.2) is 0 Å². The summed E-state index contributed by atoms with van der Waals surface area (Å²) in [5, 5.41) is 6.62. The highest BCUT2D eigenvalue weighted by molar-refractivity contribution is 5.79. The van der Waals surface area contributed by atoms with E-state index in [1.54, 1.807) is 7.11 Å². The topological polar surface area (TPSA) is 67.4 Å². The number of rotatable bonds is 12. The molecule has 0 aromatic rings. The molecule has 0 aromatic carbocycles. The molecule has 0 aromatic heterocycles. The number of hydrogen-bond donors (Lipinski definition) is 2. The Labute approximate surface area is 140 Å². The molecule has 1 fully saturated rings. The average Bonchev–Trinajstić information content (AvgIpc) is 3.06. The summed E-state index contributed by atoms with van der Waals surface area (Å²) in [5.41, 5.74) is 0. The monoisotopic (exact) mass is 330 g/mol. The van der Waals surface area contributed by atoms with E-state index in [4.69, 9.17) is 14.2 Å². The molecule has 0 saturated carbocycles. The second kappa shape index (κ2) is 13.5. The lowest BCUT2D eigenvalue weighted by Gasteiger charge is -2.17. The summed E-state index contributed by atoms with van der Waals surface area (Å²) in [7, 11) is 3.82. The fourth-order valence-electron chi connectivity index (χ4n) is 2.22. The van der Waals surface area contributed by atoms with Gasteiger partial charge in [-0.3, -0.25) is 4.99 Å². The van der Waals surface area contributed by atoms with Gasteiger partial charge >= 0.3 is 0 Å². The van der Waals surface area contributed by atoms with Crippen LogP contribution in [0.25, 0.3) is 0 Å². The Morgan fingerprint density at radius 1 is 1.30 bits per heavy atom. The van der Waals surface area contributed by atoms with Gasteiger partial charge in [-0.1, -0.05) is 0 Å². The molecule has 7 heteroatoms. The third-order valence-electron chi connectivity index (χ3n) is 3.62. The smallest absolute Gasteiger partial charge is 0.191 e. The molecule has 1 aliphatic heterocycles. The van der Waals surface area contributed by atoms with E-state index in [0.29, 0.717) is 0 Å². The van der Waals surface area contributed by atoms with Crippen molar-refractivity contribution in [3.8, 4) is 0 Å². The Kier molecular flexibility index (Phi) is 11.9. The fourth-order valence-corrected chi connectivity index (χ4v) is 2.22. The summed E-state index contributed by atoms with van der Waals surface area (Å²) in [4.78, 5) is 6.81. The number of methoxy groups -OCH3 is 1. The van der Waals surface area contributed by atoms with Crippen LogP contribution in [0.3, 0.4) is 0 Å². The molecule has 1 saturated heterocycles. The first-order chi connectivity index (χ1) is 11.3. The van der Waals surface area contributed by atoms with Crippen molar-refractivity contribution in [2.45, 2.75) is 25.9 Å². The molecule has 0 amide bonds. The Morgan fingerprint density at radius 2 is 2.17 bits per heavy atom. The predicted molar refractivity (Wildman–Crippen MR) is 93.1 cm³/mol. The first-order valence-corrected chi connectivity index (χ1v) is 8.65. The highest BCUT2D eigenvalue weighted by Crippen LogP contribution is 2.07. The second-order valence-corrected chi connectivity index (χ2v) is 5.69. The maximum Gasteiger partial charge on any atom is 0.191 e. The third kappa shape index (κ3) is 10.5.